The van der Waals surface area contributed by atoms with Crippen molar-refractivity contribution in [1.82, 2.24) is 9.80 Å². The minimum absolute atomic E-state index is 0.00835. The van der Waals surface area contributed by atoms with E-state index in [0.717, 1.165) is 9.80 Å². The van der Waals surface area contributed by atoms with Gasteiger partial charge in [0.1, 0.15) is 5.75 Å². The van der Waals surface area contributed by atoms with Gasteiger partial charge in [-0.3, -0.25) is 14.5 Å². The van der Waals surface area contributed by atoms with Crippen LogP contribution < -0.4 is 4.74 Å². The van der Waals surface area contributed by atoms with Crippen molar-refractivity contribution in [3.8, 4) is 11.8 Å². The molecule has 1 aromatic rings. The third-order valence-electron chi connectivity index (χ3n) is 4.89. The smallest absolute Gasteiger partial charge is 0.407 e. The summed E-state index contributed by atoms with van der Waals surface area (Å²) in [5.74, 6) is -0.414. The van der Waals surface area contributed by atoms with Crippen LogP contribution >= 0.6 is 0 Å². The number of hydrogen-bond donors (Lipinski definition) is 1. The van der Waals surface area contributed by atoms with Gasteiger partial charge in [0.25, 0.3) is 5.91 Å². The number of imide groups is 1. The molecule has 1 fully saturated rings. The molecule has 0 aromatic heterocycles. The van der Waals surface area contributed by atoms with E-state index in [9.17, 15) is 19.5 Å². The van der Waals surface area contributed by atoms with Gasteiger partial charge in [-0.05, 0) is 37.1 Å². The van der Waals surface area contributed by atoms with Crippen molar-refractivity contribution in [3.05, 3.63) is 42.5 Å². The molecule has 1 aliphatic heterocycles. The molecule has 0 saturated carbocycles. The van der Waals surface area contributed by atoms with Crippen LogP contribution in [0.3, 0.4) is 0 Å². The Bertz CT molecular complexity index is 799. The fourth-order valence-corrected chi connectivity index (χ4v) is 3.38. The van der Waals surface area contributed by atoms with Crippen molar-refractivity contribution >= 4 is 17.9 Å². The second kappa shape index (κ2) is 9.04. The zero-order chi connectivity index (χ0) is 20.7. The van der Waals surface area contributed by atoms with Crippen LogP contribution in [-0.2, 0) is 4.79 Å². The fraction of sp³-hybridized carbons (Fsp3) is 0.400. The first-order chi connectivity index (χ1) is 13.4. The molecule has 0 bridgehead atoms. The van der Waals surface area contributed by atoms with Gasteiger partial charge in [-0.1, -0.05) is 6.08 Å². The average Bonchev–Trinajstić information content (AvgIpc) is 2.84. The fourth-order valence-electron chi connectivity index (χ4n) is 3.38. The van der Waals surface area contributed by atoms with Gasteiger partial charge in [0.05, 0.1) is 18.6 Å². The molecule has 1 unspecified atom stereocenters. The zero-order valence-electron chi connectivity index (χ0n) is 15.8. The van der Waals surface area contributed by atoms with Gasteiger partial charge in [0.2, 0.25) is 5.91 Å². The van der Waals surface area contributed by atoms with Crippen LogP contribution in [0, 0.1) is 16.7 Å². The van der Waals surface area contributed by atoms with Crippen molar-refractivity contribution in [2.75, 3.05) is 26.7 Å². The first-order valence-corrected chi connectivity index (χ1v) is 8.84. The molecule has 8 nitrogen and oxygen atoms in total. The highest BCUT2D eigenvalue weighted by molar-refractivity contribution is 6.06. The Morgan fingerprint density at radius 3 is 2.57 bits per heavy atom. The number of nitriles is 1. The molecular formula is C20H23N3O5. The van der Waals surface area contributed by atoms with Crippen LogP contribution in [0.5, 0.6) is 5.75 Å². The predicted octanol–water partition coefficient (Wildman–Crippen LogP) is 2.52. The summed E-state index contributed by atoms with van der Waals surface area (Å²) < 4.78 is 5.08. The Hall–Kier alpha value is -3.34. The van der Waals surface area contributed by atoms with Crippen molar-refractivity contribution in [1.29, 1.82) is 5.26 Å². The quantitative estimate of drug-likeness (QED) is 0.595. The summed E-state index contributed by atoms with van der Waals surface area (Å²) in [4.78, 5) is 40.2. The molecule has 3 amide bonds. The number of amides is 3. The molecule has 1 N–H and O–H groups in total. The van der Waals surface area contributed by atoms with E-state index in [-0.39, 0.29) is 38.9 Å². The summed E-state index contributed by atoms with van der Waals surface area (Å²) in [5, 5.41) is 18.5. The number of nitrogens with zero attached hydrogens (tertiary/aromatic N) is 3. The maximum Gasteiger partial charge on any atom is 0.407 e. The van der Waals surface area contributed by atoms with Crippen molar-refractivity contribution in [2.45, 2.75) is 19.3 Å². The van der Waals surface area contributed by atoms with E-state index in [4.69, 9.17) is 10.00 Å². The minimum atomic E-state index is -1.20. The molecule has 1 saturated heterocycles. The molecule has 148 valence electrons. The molecule has 1 aliphatic rings. The van der Waals surface area contributed by atoms with Gasteiger partial charge >= 0.3 is 6.09 Å². The monoisotopic (exact) mass is 385 g/mol. The summed E-state index contributed by atoms with van der Waals surface area (Å²) in [5.41, 5.74) is -0.903. The number of benzene rings is 1. The lowest BCUT2D eigenvalue weighted by atomic mass is 9.78. The molecule has 1 aromatic carbocycles. The van der Waals surface area contributed by atoms with E-state index in [1.165, 1.54) is 13.2 Å². The highest BCUT2D eigenvalue weighted by atomic mass is 16.5. The second-order valence-corrected chi connectivity index (χ2v) is 6.63. The third kappa shape index (κ3) is 4.31. The molecule has 0 aliphatic carbocycles. The zero-order valence-corrected chi connectivity index (χ0v) is 15.8. The van der Waals surface area contributed by atoms with E-state index in [0.29, 0.717) is 11.3 Å². The molecule has 0 radical (unpaired) electrons. The maximum atomic E-state index is 13.4. The summed E-state index contributed by atoms with van der Waals surface area (Å²) in [7, 11) is 1.51. The van der Waals surface area contributed by atoms with E-state index in [2.05, 4.69) is 6.58 Å². The van der Waals surface area contributed by atoms with E-state index >= 15 is 0 Å². The van der Waals surface area contributed by atoms with Crippen LogP contribution in [0.2, 0.25) is 0 Å². The molecule has 2 rings (SSSR count). The van der Waals surface area contributed by atoms with Crippen molar-refractivity contribution in [2.24, 2.45) is 5.41 Å². The predicted molar refractivity (Wildman–Crippen MR) is 101 cm³/mol. The van der Waals surface area contributed by atoms with Gasteiger partial charge in [0, 0.05) is 31.6 Å². The van der Waals surface area contributed by atoms with Gasteiger partial charge in [0.15, 0.2) is 0 Å². The summed E-state index contributed by atoms with van der Waals surface area (Å²) in [6, 6.07) is 8.34. The van der Waals surface area contributed by atoms with Gasteiger partial charge in [-0.15, -0.1) is 6.58 Å². The van der Waals surface area contributed by atoms with Crippen LogP contribution in [0.15, 0.2) is 36.9 Å². The van der Waals surface area contributed by atoms with Crippen molar-refractivity contribution in [3.63, 3.8) is 0 Å². The van der Waals surface area contributed by atoms with Gasteiger partial charge in [-0.2, -0.15) is 5.26 Å². The molecular weight excluding hydrogens is 362 g/mol. The number of hydrogen-bond acceptors (Lipinski definition) is 5. The first kappa shape index (κ1) is 21.0. The van der Waals surface area contributed by atoms with Crippen LogP contribution in [0.4, 0.5) is 4.79 Å². The number of rotatable bonds is 6. The molecule has 1 atom stereocenters. The summed E-state index contributed by atoms with van der Waals surface area (Å²) in [6.07, 6.45) is 0.736. The van der Waals surface area contributed by atoms with E-state index in [1.807, 2.05) is 6.07 Å². The largest absolute Gasteiger partial charge is 0.497 e. The SMILES string of the molecule is C=CCC1(CCC#N)CN(C(=O)O)CCN(C(=O)c2ccc(OC)cc2)C1=O. The number of ether oxygens (including phenoxy) is 1. The third-order valence-corrected chi connectivity index (χ3v) is 4.89. The number of allylic oxidation sites excluding steroid dienone is 1. The Labute approximate surface area is 163 Å². The topological polar surface area (TPSA) is 111 Å². The number of carbonyl (C=O) groups is 3. The standard InChI is InChI=1S/C20H23N3O5/c1-3-9-20(10-4-11-21)14-22(19(26)27)12-13-23(18(20)25)17(24)15-5-7-16(28-2)8-6-15/h3,5-8H,1,4,9-10,12-14H2,2H3,(H,26,27). The van der Waals surface area contributed by atoms with Gasteiger partial charge in [-0.25, -0.2) is 4.79 Å². The number of carboxylic acid groups (broad SMARTS) is 1. The lowest BCUT2D eigenvalue weighted by Gasteiger charge is -2.34. The van der Waals surface area contributed by atoms with E-state index in [1.54, 1.807) is 24.3 Å². The highest BCUT2D eigenvalue weighted by Crippen LogP contribution is 2.35. The number of carbonyl (C=O) groups excluding carboxylic acids is 2. The highest BCUT2D eigenvalue weighted by Gasteiger charge is 2.46. The van der Waals surface area contributed by atoms with Crippen LogP contribution in [0.25, 0.3) is 0 Å². The average molecular weight is 385 g/mol. The van der Waals surface area contributed by atoms with Crippen molar-refractivity contribution < 1.29 is 24.2 Å². The Balaban J connectivity index is 2.43. The molecule has 1 heterocycles. The molecule has 8 heteroatoms. The van der Waals surface area contributed by atoms with Crippen LogP contribution in [-0.4, -0.2) is 59.6 Å². The lowest BCUT2D eigenvalue weighted by Crippen LogP contribution is -2.48. The molecule has 28 heavy (non-hydrogen) atoms. The first-order valence-electron chi connectivity index (χ1n) is 8.84. The molecule has 0 spiro atoms. The Morgan fingerprint density at radius 1 is 1.36 bits per heavy atom. The second-order valence-electron chi connectivity index (χ2n) is 6.63. The number of methoxy groups -OCH3 is 1. The lowest BCUT2D eigenvalue weighted by molar-refractivity contribution is -0.138. The van der Waals surface area contributed by atoms with Gasteiger partial charge < -0.3 is 14.7 Å². The van der Waals surface area contributed by atoms with E-state index < -0.39 is 23.3 Å². The summed E-state index contributed by atoms with van der Waals surface area (Å²) in [6.45, 7) is 3.54. The minimum Gasteiger partial charge on any atom is -0.497 e. The summed E-state index contributed by atoms with van der Waals surface area (Å²) >= 11 is 0. The normalized spacial score (nSPS) is 19.5. The van der Waals surface area contributed by atoms with Crippen LogP contribution in [0.1, 0.15) is 29.6 Å². The maximum absolute atomic E-state index is 13.4. The Morgan fingerprint density at radius 2 is 2.04 bits per heavy atom. The Kier molecular flexibility index (Phi) is 6.77.